The molecule has 0 radical (unpaired) electrons. The second-order valence-corrected chi connectivity index (χ2v) is 4.83. The molecular formula is C13H14N6O. The molecule has 2 aromatic heterocycles. The van der Waals surface area contributed by atoms with Crippen molar-refractivity contribution in [1.82, 2.24) is 24.9 Å². The summed E-state index contributed by atoms with van der Waals surface area (Å²) in [6, 6.07) is 3.71. The molecule has 3 heterocycles. The molecule has 1 amide bonds. The molecule has 1 aliphatic heterocycles. The monoisotopic (exact) mass is 270 g/mol. The number of H-pyrrole nitrogens is 1. The predicted octanol–water partition coefficient (Wildman–Crippen LogP) is 0.783. The number of hydrogen-bond donors (Lipinski definition) is 1. The summed E-state index contributed by atoms with van der Waals surface area (Å²) in [5, 5.41) is 16.5. The van der Waals surface area contributed by atoms with Crippen molar-refractivity contribution < 1.29 is 4.79 Å². The maximum absolute atomic E-state index is 12.5. The maximum atomic E-state index is 12.5. The molecule has 102 valence electrons. The summed E-state index contributed by atoms with van der Waals surface area (Å²) in [7, 11) is 0. The molecule has 2 aromatic rings. The van der Waals surface area contributed by atoms with Gasteiger partial charge in [-0.25, -0.2) is 0 Å². The predicted molar refractivity (Wildman–Crippen MR) is 69.6 cm³/mol. The Kier molecular flexibility index (Phi) is 3.21. The van der Waals surface area contributed by atoms with Crippen LogP contribution >= 0.6 is 0 Å². The lowest BCUT2D eigenvalue weighted by Crippen LogP contribution is -2.38. The van der Waals surface area contributed by atoms with Crippen LogP contribution in [0.2, 0.25) is 0 Å². The van der Waals surface area contributed by atoms with Crippen LogP contribution in [0.1, 0.15) is 28.9 Å². The van der Waals surface area contributed by atoms with Crippen molar-refractivity contribution in [3.63, 3.8) is 0 Å². The van der Waals surface area contributed by atoms with Crippen LogP contribution in [0.5, 0.6) is 0 Å². The summed E-state index contributed by atoms with van der Waals surface area (Å²) in [6.45, 7) is 1.40. The first-order chi connectivity index (χ1) is 9.78. The van der Waals surface area contributed by atoms with Gasteiger partial charge in [0, 0.05) is 18.9 Å². The van der Waals surface area contributed by atoms with E-state index in [1.807, 2.05) is 11.0 Å². The van der Waals surface area contributed by atoms with Crippen LogP contribution in [0.4, 0.5) is 0 Å². The molecule has 0 unspecified atom stereocenters. The molecule has 7 heteroatoms. The van der Waals surface area contributed by atoms with E-state index >= 15 is 0 Å². The zero-order chi connectivity index (χ0) is 13.9. The van der Waals surface area contributed by atoms with Gasteiger partial charge in [0.1, 0.15) is 11.8 Å². The van der Waals surface area contributed by atoms with Crippen molar-refractivity contribution in [2.75, 3.05) is 6.54 Å². The van der Waals surface area contributed by atoms with Crippen LogP contribution in [0.15, 0.2) is 24.7 Å². The molecule has 1 fully saturated rings. The van der Waals surface area contributed by atoms with Gasteiger partial charge in [0.15, 0.2) is 0 Å². The zero-order valence-electron chi connectivity index (χ0n) is 10.9. The van der Waals surface area contributed by atoms with Crippen molar-refractivity contribution in [3.8, 4) is 6.07 Å². The standard InChI is InChI=1S/C13H14N6O/c14-7-11-6-10(8-15-11)13(20)19-4-1-2-12(19)9-18-5-3-16-17-18/h3,5-6,8,12,15H,1-2,4,9H2/t12-/m0/s1. The molecule has 0 saturated carbocycles. The Morgan fingerprint density at radius 2 is 2.50 bits per heavy atom. The Hall–Kier alpha value is -2.62. The third kappa shape index (κ3) is 2.28. The second kappa shape index (κ2) is 5.17. The molecular weight excluding hydrogens is 256 g/mol. The molecule has 0 spiro atoms. The van der Waals surface area contributed by atoms with E-state index < -0.39 is 0 Å². The third-order valence-corrected chi connectivity index (χ3v) is 3.56. The number of carbonyl (C=O) groups is 1. The molecule has 1 saturated heterocycles. The van der Waals surface area contributed by atoms with E-state index in [-0.39, 0.29) is 11.9 Å². The van der Waals surface area contributed by atoms with E-state index in [0.29, 0.717) is 17.8 Å². The number of amides is 1. The largest absolute Gasteiger partial charge is 0.352 e. The number of rotatable bonds is 3. The number of aromatic amines is 1. The minimum absolute atomic E-state index is 0.0367. The Morgan fingerprint density at radius 1 is 1.60 bits per heavy atom. The lowest BCUT2D eigenvalue weighted by Gasteiger charge is -2.24. The summed E-state index contributed by atoms with van der Waals surface area (Å²) < 4.78 is 1.74. The summed E-state index contributed by atoms with van der Waals surface area (Å²) in [4.78, 5) is 17.1. The minimum Gasteiger partial charge on any atom is -0.352 e. The number of hydrogen-bond acceptors (Lipinski definition) is 4. The lowest BCUT2D eigenvalue weighted by molar-refractivity contribution is 0.0721. The van der Waals surface area contributed by atoms with Crippen LogP contribution in [0, 0.1) is 11.3 Å². The van der Waals surface area contributed by atoms with Crippen LogP contribution in [-0.2, 0) is 6.54 Å². The van der Waals surface area contributed by atoms with Crippen LogP contribution in [0.25, 0.3) is 0 Å². The maximum Gasteiger partial charge on any atom is 0.255 e. The van der Waals surface area contributed by atoms with Crippen molar-refractivity contribution in [1.29, 1.82) is 5.26 Å². The number of likely N-dealkylation sites (tertiary alicyclic amines) is 1. The highest BCUT2D eigenvalue weighted by atomic mass is 16.2. The Bertz CT molecular complexity index is 638. The van der Waals surface area contributed by atoms with Gasteiger partial charge < -0.3 is 9.88 Å². The number of nitrogens with one attached hydrogen (secondary N) is 1. The van der Waals surface area contributed by atoms with Gasteiger partial charge in [0.2, 0.25) is 0 Å². The van der Waals surface area contributed by atoms with E-state index in [2.05, 4.69) is 15.3 Å². The SMILES string of the molecule is N#Cc1cc(C(=O)N2CCC[C@H]2Cn2ccnn2)c[nH]1. The van der Waals surface area contributed by atoms with E-state index in [0.717, 1.165) is 19.4 Å². The zero-order valence-corrected chi connectivity index (χ0v) is 10.9. The highest BCUT2D eigenvalue weighted by Gasteiger charge is 2.30. The van der Waals surface area contributed by atoms with Crippen LogP contribution < -0.4 is 0 Å². The van der Waals surface area contributed by atoms with Gasteiger partial charge in [0.25, 0.3) is 5.91 Å². The Labute approximate surface area is 115 Å². The summed E-state index contributed by atoms with van der Waals surface area (Å²) in [6.07, 6.45) is 6.96. The first kappa shape index (κ1) is 12.4. The average Bonchev–Trinajstić information content (AvgIpc) is 3.20. The van der Waals surface area contributed by atoms with Gasteiger partial charge in [-0.3, -0.25) is 9.48 Å². The molecule has 0 bridgehead atoms. The first-order valence-electron chi connectivity index (χ1n) is 6.51. The van der Waals surface area contributed by atoms with Gasteiger partial charge in [-0.15, -0.1) is 5.10 Å². The van der Waals surface area contributed by atoms with Crippen molar-refractivity contribution in [2.45, 2.75) is 25.4 Å². The van der Waals surface area contributed by atoms with E-state index in [1.54, 1.807) is 29.3 Å². The molecule has 1 N–H and O–H groups in total. The molecule has 0 aromatic carbocycles. The van der Waals surface area contributed by atoms with E-state index in [9.17, 15) is 4.79 Å². The number of aromatic nitrogens is 4. The smallest absolute Gasteiger partial charge is 0.255 e. The minimum atomic E-state index is -0.0367. The average molecular weight is 270 g/mol. The number of nitriles is 1. The normalized spacial score (nSPS) is 18.1. The van der Waals surface area contributed by atoms with Gasteiger partial charge in [0.05, 0.1) is 24.3 Å². The van der Waals surface area contributed by atoms with Gasteiger partial charge in [-0.05, 0) is 18.9 Å². The van der Waals surface area contributed by atoms with E-state index in [1.165, 1.54) is 0 Å². The number of nitrogens with zero attached hydrogens (tertiary/aromatic N) is 5. The van der Waals surface area contributed by atoms with Crippen molar-refractivity contribution in [2.24, 2.45) is 0 Å². The molecule has 7 nitrogen and oxygen atoms in total. The summed E-state index contributed by atoms with van der Waals surface area (Å²) >= 11 is 0. The fourth-order valence-electron chi connectivity index (χ4n) is 2.59. The van der Waals surface area contributed by atoms with Crippen LogP contribution in [-0.4, -0.2) is 43.4 Å². The topological polar surface area (TPSA) is 90.6 Å². The van der Waals surface area contributed by atoms with Crippen LogP contribution in [0.3, 0.4) is 0 Å². The van der Waals surface area contributed by atoms with Gasteiger partial charge in [-0.1, -0.05) is 5.21 Å². The second-order valence-electron chi connectivity index (χ2n) is 4.83. The number of carbonyl (C=O) groups excluding carboxylic acids is 1. The summed E-state index contributed by atoms with van der Waals surface area (Å²) in [5.74, 6) is -0.0367. The van der Waals surface area contributed by atoms with Gasteiger partial charge in [-0.2, -0.15) is 5.26 Å². The Morgan fingerprint density at radius 3 is 3.20 bits per heavy atom. The fraction of sp³-hybridized carbons (Fsp3) is 0.385. The molecule has 1 aliphatic rings. The Balaban J connectivity index is 1.74. The fourth-order valence-corrected chi connectivity index (χ4v) is 2.59. The lowest BCUT2D eigenvalue weighted by atomic mass is 10.2. The highest BCUT2D eigenvalue weighted by Crippen LogP contribution is 2.21. The summed E-state index contributed by atoms with van der Waals surface area (Å²) in [5.41, 5.74) is 0.937. The van der Waals surface area contributed by atoms with Crippen molar-refractivity contribution >= 4 is 5.91 Å². The third-order valence-electron chi connectivity index (χ3n) is 3.56. The molecule has 1 atom stereocenters. The van der Waals surface area contributed by atoms with Gasteiger partial charge >= 0.3 is 0 Å². The molecule has 0 aliphatic carbocycles. The molecule has 20 heavy (non-hydrogen) atoms. The highest BCUT2D eigenvalue weighted by molar-refractivity contribution is 5.94. The quantitative estimate of drug-likeness (QED) is 0.892. The van der Waals surface area contributed by atoms with E-state index in [4.69, 9.17) is 5.26 Å². The van der Waals surface area contributed by atoms with Crippen molar-refractivity contribution in [3.05, 3.63) is 35.9 Å². The first-order valence-corrected chi connectivity index (χ1v) is 6.51. The molecule has 3 rings (SSSR count).